The van der Waals surface area contributed by atoms with Crippen LogP contribution in [-0.2, 0) is 28.5 Å². The Morgan fingerprint density at radius 2 is 1.77 bits per heavy atom. The van der Waals surface area contributed by atoms with Crippen molar-refractivity contribution < 1.29 is 28.5 Å². The lowest BCUT2D eigenvalue weighted by molar-refractivity contribution is -0.188. The van der Waals surface area contributed by atoms with E-state index in [2.05, 4.69) is 6.58 Å². The van der Waals surface area contributed by atoms with Crippen LogP contribution in [0.15, 0.2) is 12.3 Å². The topological polar surface area (TPSA) is 66.5 Å². The first-order valence-corrected chi connectivity index (χ1v) is 9.45. The van der Waals surface area contributed by atoms with Crippen molar-refractivity contribution in [2.45, 2.75) is 83.0 Å². The molecule has 1 amide bonds. The predicted molar refractivity (Wildman–Crippen MR) is 92.0 cm³/mol. The molecule has 4 rings (SSSR count). The van der Waals surface area contributed by atoms with Gasteiger partial charge < -0.3 is 28.6 Å². The maximum Gasteiger partial charge on any atom is 0.229 e. The Morgan fingerprint density at radius 3 is 2.38 bits per heavy atom. The van der Waals surface area contributed by atoms with E-state index >= 15 is 0 Å². The summed E-state index contributed by atoms with van der Waals surface area (Å²) < 4.78 is 30.0. The molecule has 0 aromatic heterocycles. The normalized spacial score (nSPS) is 43.8. The average Bonchev–Trinajstić information content (AvgIpc) is 3.07. The van der Waals surface area contributed by atoms with Gasteiger partial charge in [0, 0.05) is 0 Å². The van der Waals surface area contributed by atoms with E-state index in [9.17, 15) is 4.79 Å². The lowest BCUT2D eigenvalue weighted by atomic mass is 9.80. The summed E-state index contributed by atoms with van der Waals surface area (Å²) in [6.07, 6.45) is -0.149. The lowest BCUT2D eigenvalue weighted by Crippen LogP contribution is -2.71. The number of hydrogen-bond donors (Lipinski definition) is 0. The smallest absolute Gasteiger partial charge is 0.229 e. The third kappa shape index (κ3) is 2.76. The zero-order chi connectivity index (χ0) is 18.9. The molecule has 0 bridgehead atoms. The molecular formula is C19H29NO6. The SMILES string of the molecule is C=C1OC[C@@H]([C@H]2OC(C)(C)O[C@H]2[C@H]2COC(C)(C)O2)N2C(=O)[C@@H](CC)[C@H]12. The van der Waals surface area contributed by atoms with Crippen LogP contribution in [-0.4, -0.2) is 66.0 Å². The van der Waals surface area contributed by atoms with Gasteiger partial charge in [0.25, 0.3) is 0 Å². The molecule has 0 unspecified atom stereocenters. The predicted octanol–water partition coefficient (Wildman–Crippen LogP) is 1.81. The number of fused-ring (bicyclic) bond motifs is 1. The van der Waals surface area contributed by atoms with Gasteiger partial charge in [0.1, 0.15) is 36.7 Å². The molecule has 0 aromatic carbocycles. The summed E-state index contributed by atoms with van der Waals surface area (Å²) in [6, 6.07) is -0.295. The summed E-state index contributed by atoms with van der Waals surface area (Å²) in [5.74, 6) is -0.644. The molecule has 4 aliphatic heterocycles. The maximum atomic E-state index is 12.7. The molecule has 0 N–H and O–H groups in total. The fourth-order valence-electron chi connectivity index (χ4n) is 4.61. The zero-order valence-corrected chi connectivity index (χ0v) is 16.2. The number of carbonyl (C=O) groups excluding carboxylic acids is 1. The Morgan fingerprint density at radius 1 is 1.08 bits per heavy atom. The van der Waals surface area contributed by atoms with Gasteiger partial charge in [0.15, 0.2) is 11.6 Å². The van der Waals surface area contributed by atoms with Gasteiger partial charge in [-0.15, -0.1) is 0 Å². The minimum atomic E-state index is -0.756. The molecule has 4 fully saturated rings. The Hall–Kier alpha value is -1.15. The van der Waals surface area contributed by atoms with E-state index in [4.69, 9.17) is 23.7 Å². The third-order valence-electron chi connectivity index (χ3n) is 5.76. The molecule has 26 heavy (non-hydrogen) atoms. The highest BCUT2D eigenvalue weighted by Crippen LogP contribution is 2.44. The second-order valence-electron chi connectivity index (χ2n) is 8.48. The van der Waals surface area contributed by atoms with Crippen LogP contribution in [0.2, 0.25) is 0 Å². The second kappa shape index (κ2) is 5.92. The van der Waals surface area contributed by atoms with Gasteiger partial charge in [0.2, 0.25) is 5.91 Å². The highest BCUT2D eigenvalue weighted by Gasteiger charge is 2.60. The van der Waals surface area contributed by atoms with E-state index in [1.165, 1.54) is 0 Å². The minimum absolute atomic E-state index is 0.0518. The van der Waals surface area contributed by atoms with Crippen molar-refractivity contribution >= 4 is 5.91 Å². The molecule has 0 aliphatic carbocycles. The van der Waals surface area contributed by atoms with E-state index in [-0.39, 0.29) is 42.2 Å². The zero-order valence-electron chi connectivity index (χ0n) is 16.2. The van der Waals surface area contributed by atoms with E-state index in [0.29, 0.717) is 19.0 Å². The Balaban J connectivity index is 1.58. The number of rotatable bonds is 3. The monoisotopic (exact) mass is 367 g/mol. The van der Waals surface area contributed by atoms with Crippen molar-refractivity contribution in [2.24, 2.45) is 5.92 Å². The van der Waals surface area contributed by atoms with Gasteiger partial charge in [-0.25, -0.2) is 0 Å². The Labute approximate surface area is 154 Å². The largest absolute Gasteiger partial charge is 0.494 e. The number of ether oxygens (including phenoxy) is 5. The number of nitrogens with zero attached hydrogens (tertiary/aromatic N) is 1. The van der Waals surface area contributed by atoms with E-state index < -0.39 is 11.6 Å². The number of β-lactam (4-membered cyclic amide) rings is 1. The highest BCUT2D eigenvalue weighted by atomic mass is 16.8. The first-order valence-electron chi connectivity index (χ1n) is 9.45. The van der Waals surface area contributed by atoms with Crippen molar-refractivity contribution in [1.29, 1.82) is 0 Å². The average molecular weight is 367 g/mol. The quantitative estimate of drug-likeness (QED) is 0.709. The van der Waals surface area contributed by atoms with Crippen LogP contribution in [0.1, 0.15) is 41.0 Å². The molecule has 0 radical (unpaired) electrons. The van der Waals surface area contributed by atoms with Crippen LogP contribution >= 0.6 is 0 Å². The summed E-state index contributed by atoms with van der Waals surface area (Å²) in [5.41, 5.74) is 0. The summed E-state index contributed by atoms with van der Waals surface area (Å²) >= 11 is 0. The van der Waals surface area contributed by atoms with Gasteiger partial charge in [-0.1, -0.05) is 13.5 Å². The van der Waals surface area contributed by atoms with Crippen LogP contribution in [0.3, 0.4) is 0 Å². The van der Waals surface area contributed by atoms with Crippen molar-refractivity contribution in [3.8, 4) is 0 Å². The lowest BCUT2D eigenvalue weighted by Gasteiger charge is -2.55. The maximum absolute atomic E-state index is 12.7. The third-order valence-corrected chi connectivity index (χ3v) is 5.76. The summed E-state index contributed by atoms with van der Waals surface area (Å²) in [5, 5.41) is 0. The second-order valence-corrected chi connectivity index (χ2v) is 8.48. The number of morpholine rings is 1. The number of amides is 1. The molecule has 146 valence electrons. The van der Waals surface area contributed by atoms with Gasteiger partial charge in [-0.3, -0.25) is 4.79 Å². The molecule has 0 saturated carbocycles. The van der Waals surface area contributed by atoms with E-state index in [0.717, 1.165) is 6.42 Å². The van der Waals surface area contributed by atoms with Crippen LogP contribution in [0.25, 0.3) is 0 Å². The van der Waals surface area contributed by atoms with Crippen LogP contribution in [0, 0.1) is 5.92 Å². The summed E-state index contributed by atoms with van der Waals surface area (Å²) in [7, 11) is 0. The van der Waals surface area contributed by atoms with Crippen molar-refractivity contribution in [3.05, 3.63) is 12.3 Å². The minimum Gasteiger partial charge on any atom is -0.494 e. The molecule has 7 heteroatoms. The fraction of sp³-hybridized carbons (Fsp3) is 0.842. The number of carbonyl (C=O) groups is 1. The molecule has 0 spiro atoms. The van der Waals surface area contributed by atoms with Gasteiger partial charge >= 0.3 is 0 Å². The standard InChI is InChI=1S/C19H29NO6/c1-7-11-14-10(2)22-8-12(20(14)17(11)21)15-16(26-19(5,6)25-15)13-9-23-18(3,4)24-13/h11-16H,2,7-9H2,1,3-6H3/t11-,12-,13+,14-,15+,16-/m0/s1. The van der Waals surface area contributed by atoms with Crippen LogP contribution in [0.4, 0.5) is 0 Å². The van der Waals surface area contributed by atoms with E-state index in [1.54, 1.807) is 0 Å². The molecule has 0 aromatic rings. The van der Waals surface area contributed by atoms with Crippen molar-refractivity contribution in [2.75, 3.05) is 13.2 Å². The first-order chi connectivity index (χ1) is 12.1. The van der Waals surface area contributed by atoms with E-state index in [1.807, 2.05) is 39.5 Å². The Bertz CT molecular complexity index is 617. The van der Waals surface area contributed by atoms with Crippen molar-refractivity contribution in [1.82, 2.24) is 4.90 Å². The van der Waals surface area contributed by atoms with Crippen molar-refractivity contribution in [3.63, 3.8) is 0 Å². The molecular weight excluding hydrogens is 338 g/mol. The molecule has 4 aliphatic rings. The summed E-state index contributed by atoms with van der Waals surface area (Å²) in [4.78, 5) is 14.6. The Kier molecular flexibility index (Phi) is 4.15. The molecule has 4 saturated heterocycles. The van der Waals surface area contributed by atoms with Gasteiger partial charge in [-0.2, -0.15) is 0 Å². The fourth-order valence-corrected chi connectivity index (χ4v) is 4.61. The number of hydrogen-bond acceptors (Lipinski definition) is 6. The van der Waals surface area contributed by atoms with Gasteiger partial charge in [0.05, 0.1) is 18.6 Å². The molecule has 7 nitrogen and oxygen atoms in total. The first kappa shape index (κ1) is 18.2. The van der Waals surface area contributed by atoms with Crippen LogP contribution in [0.5, 0.6) is 0 Å². The molecule has 4 heterocycles. The highest BCUT2D eigenvalue weighted by molar-refractivity contribution is 5.87. The van der Waals surface area contributed by atoms with Crippen LogP contribution < -0.4 is 0 Å². The van der Waals surface area contributed by atoms with Gasteiger partial charge in [-0.05, 0) is 34.1 Å². The molecule has 6 atom stereocenters. The summed E-state index contributed by atoms with van der Waals surface area (Å²) in [6.45, 7) is 14.3.